The zero-order chi connectivity index (χ0) is 9.19. The van der Waals surface area contributed by atoms with Gasteiger partial charge in [-0.3, -0.25) is 0 Å². The molecule has 0 aliphatic carbocycles. The van der Waals surface area contributed by atoms with E-state index in [1.807, 2.05) is 13.8 Å². The zero-order valence-corrected chi connectivity index (χ0v) is 8.57. The van der Waals surface area contributed by atoms with Gasteiger partial charge in [-0.15, -0.1) is 11.3 Å². The first-order chi connectivity index (χ1) is 5.53. The van der Waals surface area contributed by atoms with Gasteiger partial charge in [0.15, 0.2) is 0 Å². The average molecular weight is 182 g/mol. The molecule has 0 amide bonds. The number of carbonyl (C=O) groups excluding carboxylic acids is 1. The molecule has 66 valence electrons. The number of aldehydes is 1. The Morgan fingerprint density at radius 2 is 2.25 bits per heavy atom. The van der Waals surface area contributed by atoms with Crippen LogP contribution >= 0.6 is 11.3 Å². The minimum absolute atomic E-state index is 0.215. The van der Waals surface area contributed by atoms with Crippen LogP contribution in [0.25, 0.3) is 0 Å². The van der Waals surface area contributed by atoms with Gasteiger partial charge < -0.3 is 4.79 Å². The van der Waals surface area contributed by atoms with Crippen LogP contribution in [0.3, 0.4) is 0 Å². The van der Waals surface area contributed by atoms with Crippen LogP contribution < -0.4 is 0 Å². The minimum atomic E-state index is -0.215. The Balaban J connectivity index is 2.69. The summed E-state index contributed by atoms with van der Waals surface area (Å²) in [6.07, 6.45) is 1.88. The summed E-state index contributed by atoms with van der Waals surface area (Å²) in [5, 5.41) is 2.13. The van der Waals surface area contributed by atoms with Gasteiger partial charge in [0.2, 0.25) is 0 Å². The molecule has 0 aliphatic rings. The van der Waals surface area contributed by atoms with Gasteiger partial charge in [-0.2, -0.15) is 0 Å². The fraction of sp³-hybridized carbons (Fsp3) is 0.500. The van der Waals surface area contributed by atoms with Gasteiger partial charge in [-0.25, -0.2) is 0 Å². The standard InChI is InChI=1S/C10H14OS/c1-8-4-9(6-12-8)5-10(2,3)7-11/h4,6-7H,5H2,1-3H3. The molecule has 1 aromatic rings. The van der Waals surface area contributed by atoms with Gasteiger partial charge in [0.05, 0.1) is 0 Å². The molecule has 0 unspecified atom stereocenters. The Morgan fingerprint density at radius 3 is 2.67 bits per heavy atom. The fourth-order valence-electron chi connectivity index (χ4n) is 1.16. The summed E-state index contributed by atoms with van der Waals surface area (Å²) in [6.45, 7) is 6.02. The van der Waals surface area contributed by atoms with E-state index in [4.69, 9.17) is 0 Å². The monoisotopic (exact) mass is 182 g/mol. The van der Waals surface area contributed by atoms with Crippen molar-refractivity contribution in [2.75, 3.05) is 0 Å². The topological polar surface area (TPSA) is 17.1 Å². The Hall–Kier alpha value is -0.630. The smallest absolute Gasteiger partial charge is 0.125 e. The molecule has 0 spiro atoms. The molecule has 12 heavy (non-hydrogen) atoms. The number of hydrogen-bond donors (Lipinski definition) is 0. The van der Waals surface area contributed by atoms with E-state index in [1.165, 1.54) is 10.4 Å². The molecule has 1 aromatic heterocycles. The molecule has 0 N–H and O–H groups in total. The third kappa shape index (κ3) is 2.45. The van der Waals surface area contributed by atoms with Crippen LogP contribution in [0, 0.1) is 12.3 Å². The molecule has 0 radical (unpaired) electrons. The van der Waals surface area contributed by atoms with E-state index >= 15 is 0 Å². The third-order valence-corrected chi connectivity index (χ3v) is 2.67. The highest BCUT2D eigenvalue weighted by Gasteiger charge is 2.17. The number of aryl methyl sites for hydroxylation is 1. The lowest BCUT2D eigenvalue weighted by molar-refractivity contribution is -0.114. The van der Waals surface area contributed by atoms with E-state index in [2.05, 4.69) is 18.4 Å². The van der Waals surface area contributed by atoms with Crippen LogP contribution in [-0.4, -0.2) is 6.29 Å². The molecule has 1 rings (SSSR count). The lowest BCUT2D eigenvalue weighted by Gasteiger charge is -2.14. The first-order valence-corrected chi connectivity index (χ1v) is 4.92. The lowest BCUT2D eigenvalue weighted by atomic mass is 9.88. The quantitative estimate of drug-likeness (QED) is 0.657. The van der Waals surface area contributed by atoms with Crippen molar-refractivity contribution in [1.82, 2.24) is 0 Å². The molecule has 0 aliphatic heterocycles. The van der Waals surface area contributed by atoms with Crippen molar-refractivity contribution in [3.05, 3.63) is 21.9 Å². The van der Waals surface area contributed by atoms with Crippen molar-refractivity contribution < 1.29 is 4.79 Å². The molecule has 0 fully saturated rings. The van der Waals surface area contributed by atoms with Gasteiger partial charge in [-0.05, 0) is 30.4 Å². The highest BCUT2D eigenvalue weighted by molar-refractivity contribution is 7.10. The number of thiophene rings is 1. The Bertz CT molecular complexity index is 273. The summed E-state index contributed by atoms with van der Waals surface area (Å²) in [6, 6.07) is 2.15. The van der Waals surface area contributed by atoms with Crippen molar-refractivity contribution in [3.8, 4) is 0 Å². The van der Waals surface area contributed by atoms with Crippen LogP contribution in [0.15, 0.2) is 11.4 Å². The van der Waals surface area contributed by atoms with Crippen LogP contribution in [0.2, 0.25) is 0 Å². The maximum atomic E-state index is 10.6. The summed E-state index contributed by atoms with van der Waals surface area (Å²) in [7, 11) is 0. The van der Waals surface area contributed by atoms with Crippen LogP contribution in [0.5, 0.6) is 0 Å². The summed E-state index contributed by atoms with van der Waals surface area (Å²) < 4.78 is 0. The second-order valence-electron chi connectivity index (χ2n) is 3.85. The van der Waals surface area contributed by atoms with Crippen molar-refractivity contribution >= 4 is 17.6 Å². The van der Waals surface area contributed by atoms with Gasteiger partial charge in [0, 0.05) is 10.3 Å². The van der Waals surface area contributed by atoms with E-state index in [1.54, 1.807) is 11.3 Å². The van der Waals surface area contributed by atoms with Gasteiger partial charge in [0.25, 0.3) is 0 Å². The lowest BCUT2D eigenvalue weighted by Crippen LogP contribution is -2.15. The number of carbonyl (C=O) groups is 1. The summed E-state index contributed by atoms with van der Waals surface area (Å²) in [5.41, 5.74) is 1.06. The van der Waals surface area contributed by atoms with E-state index in [0.717, 1.165) is 12.7 Å². The van der Waals surface area contributed by atoms with Crippen molar-refractivity contribution in [2.45, 2.75) is 27.2 Å². The molecule has 0 saturated carbocycles. The van der Waals surface area contributed by atoms with Crippen LogP contribution in [0.4, 0.5) is 0 Å². The van der Waals surface area contributed by atoms with E-state index in [-0.39, 0.29) is 5.41 Å². The molecule has 1 nitrogen and oxygen atoms in total. The Morgan fingerprint density at radius 1 is 1.58 bits per heavy atom. The SMILES string of the molecule is Cc1cc(CC(C)(C)C=O)cs1. The molecule has 0 aromatic carbocycles. The summed E-state index contributed by atoms with van der Waals surface area (Å²) >= 11 is 1.74. The maximum absolute atomic E-state index is 10.6. The molecule has 0 bridgehead atoms. The normalized spacial score (nSPS) is 11.6. The van der Waals surface area contributed by atoms with Crippen LogP contribution in [-0.2, 0) is 11.2 Å². The molecule has 0 saturated heterocycles. The highest BCUT2D eigenvalue weighted by Crippen LogP contribution is 2.22. The van der Waals surface area contributed by atoms with E-state index in [9.17, 15) is 4.79 Å². The van der Waals surface area contributed by atoms with Crippen LogP contribution in [0.1, 0.15) is 24.3 Å². The second kappa shape index (κ2) is 3.40. The number of rotatable bonds is 3. The van der Waals surface area contributed by atoms with Crippen molar-refractivity contribution in [3.63, 3.8) is 0 Å². The van der Waals surface area contributed by atoms with Gasteiger partial charge in [-0.1, -0.05) is 13.8 Å². The van der Waals surface area contributed by atoms with Crippen molar-refractivity contribution in [2.24, 2.45) is 5.41 Å². The van der Waals surface area contributed by atoms with E-state index < -0.39 is 0 Å². The largest absolute Gasteiger partial charge is 0.303 e. The molecular weight excluding hydrogens is 168 g/mol. The first-order valence-electron chi connectivity index (χ1n) is 4.04. The predicted molar refractivity (Wildman–Crippen MR) is 52.6 cm³/mol. The predicted octanol–water partition coefficient (Wildman–Crippen LogP) is 2.82. The zero-order valence-electron chi connectivity index (χ0n) is 7.76. The third-order valence-electron chi connectivity index (χ3n) is 1.76. The molecule has 0 atom stereocenters. The second-order valence-corrected chi connectivity index (χ2v) is 4.96. The van der Waals surface area contributed by atoms with E-state index in [0.29, 0.717) is 0 Å². The Labute approximate surface area is 77.4 Å². The van der Waals surface area contributed by atoms with Gasteiger partial charge in [0.1, 0.15) is 6.29 Å². The summed E-state index contributed by atoms with van der Waals surface area (Å²) in [5.74, 6) is 0. The van der Waals surface area contributed by atoms with Crippen molar-refractivity contribution in [1.29, 1.82) is 0 Å². The molecular formula is C10H14OS. The average Bonchev–Trinajstić information content (AvgIpc) is 2.35. The number of hydrogen-bond acceptors (Lipinski definition) is 2. The highest BCUT2D eigenvalue weighted by atomic mass is 32.1. The van der Waals surface area contributed by atoms with Gasteiger partial charge >= 0.3 is 0 Å². The summed E-state index contributed by atoms with van der Waals surface area (Å²) in [4.78, 5) is 12.0. The molecule has 1 heterocycles. The minimum Gasteiger partial charge on any atom is -0.303 e. The Kier molecular flexibility index (Phi) is 2.68. The first kappa shape index (κ1) is 9.46. The fourth-order valence-corrected chi connectivity index (χ4v) is 1.87. The molecule has 2 heteroatoms. The maximum Gasteiger partial charge on any atom is 0.125 e.